The third kappa shape index (κ3) is 2.89. The van der Waals surface area contributed by atoms with Crippen molar-refractivity contribution in [3.63, 3.8) is 0 Å². The fourth-order valence-electron chi connectivity index (χ4n) is 3.26. The molecule has 116 valence electrons. The molecule has 4 heteroatoms. The summed E-state index contributed by atoms with van der Waals surface area (Å²) >= 11 is 6.35. The third-order valence-corrected chi connectivity index (χ3v) is 4.85. The number of hydrogen-bond donors (Lipinski definition) is 1. The van der Waals surface area contributed by atoms with Crippen LogP contribution in [-0.2, 0) is 10.2 Å². The summed E-state index contributed by atoms with van der Waals surface area (Å²) < 4.78 is 5.44. The minimum atomic E-state index is -0.863. The van der Waals surface area contributed by atoms with Gasteiger partial charge in [-0.15, -0.1) is 0 Å². The van der Waals surface area contributed by atoms with Gasteiger partial charge in [0.05, 0.1) is 17.5 Å². The summed E-state index contributed by atoms with van der Waals surface area (Å²) in [7, 11) is 1.55. The van der Waals surface area contributed by atoms with E-state index in [9.17, 15) is 9.90 Å². The van der Waals surface area contributed by atoms with Crippen LogP contribution in [0.15, 0.2) is 12.1 Å². The molecule has 1 aromatic carbocycles. The Balaban J connectivity index is 2.65. The van der Waals surface area contributed by atoms with Gasteiger partial charge in [0.15, 0.2) is 0 Å². The Morgan fingerprint density at radius 2 is 1.90 bits per heavy atom. The molecule has 0 bridgehead atoms. The van der Waals surface area contributed by atoms with Gasteiger partial charge in [0.25, 0.3) is 0 Å². The highest BCUT2D eigenvalue weighted by atomic mass is 35.5. The van der Waals surface area contributed by atoms with Gasteiger partial charge in [-0.1, -0.05) is 50.8 Å². The molecule has 1 aliphatic carbocycles. The van der Waals surface area contributed by atoms with Crippen LogP contribution in [0.2, 0.25) is 5.02 Å². The number of carbonyl (C=O) groups is 1. The molecule has 0 saturated heterocycles. The van der Waals surface area contributed by atoms with E-state index >= 15 is 0 Å². The molecular formula is C17H23ClO3. The lowest BCUT2D eigenvalue weighted by molar-refractivity contribution is -0.145. The Hall–Kier alpha value is -1.22. The normalized spacial score (nSPS) is 17.8. The predicted molar refractivity (Wildman–Crippen MR) is 84.5 cm³/mol. The Morgan fingerprint density at radius 1 is 1.29 bits per heavy atom. The van der Waals surface area contributed by atoms with E-state index in [1.165, 1.54) is 0 Å². The molecule has 1 aliphatic rings. The predicted octanol–water partition coefficient (Wildman–Crippen LogP) is 4.76. The monoisotopic (exact) mass is 310 g/mol. The highest BCUT2D eigenvalue weighted by Crippen LogP contribution is 2.46. The maximum atomic E-state index is 12.0. The van der Waals surface area contributed by atoms with Crippen LogP contribution in [0.25, 0.3) is 0 Å². The van der Waals surface area contributed by atoms with Gasteiger partial charge in [0, 0.05) is 5.56 Å². The summed E-state index contributed by atoms with van der Waals surface area (Å²) in [6, 6.07) is 3.86. The molecule has 0 atom stereocenters. The van der Waals surface area contributed by atoms with Gasteiger partial charge in [0.1, 0.15) is 5.75 Å². The molecule has 1 aromatic rings. The lowest BCUT2D eigenvalue weighted by atomic mass is 9.68. The standard InChI is InChI=1S/C17H23ClO3/c1-11(2)12-9-13(15(21-3)14(18)10-12)17(16(19)20)7-5-4-6-8-17/h9-11H,4-8H2,1-3H3,(H,19,20). The number of ether oxygens (including phenoxy) is 1. The second kappa shape index (κ2) is 6.27. The summed E-state index contributed by atoms with van der Waals surface area (Å²) in [5, 5.41) is 10.4. The molecule has 0 heterocycles. The number of rotatable bonds is 4. The number of methoxy groups -OCH3 is 1. The molecule has 1 saturated carbocycles. The zero-order chi connectivity index (χ0) is 15.6. The van der Waals surface area contributed by atoms with Gasteiger partial charge in [0.2, 0.25) is 0 Å². The van der Waals surface area contributed by atoms with Gasteiger partial charge in [-0.2, -0.15) is 0 Å². The zero-order valence-corrected chi connectivity index (χ0v) is 13.7. The molecule has 0 unspecified atom stereocenters. The Morgan fingerprint density at radius 3 is 2.38 bits per heavy atom. The maximum absolute atomic E-state index is 12.0. The maximum Gasteiger partial charge on any atom is 0.314 e. The highest BCUT2D eigenvalue weighted by Gasteiger charge is 2.44. The van der Waals surface area contributed by atoms with E-state index in [1.54, 1.807) is 7.11 Å². The van der Waals surface area contributed by atoms with E-state index in [2.05, 4.69) is 13.8 Å². The summed E-state index contributed by atoms with van der Waals surface area (Å²) in [6.07, 6.45) is 4.25. The van der Waals surface area contributed by atoms with Crippen molar-refractivity contribution in [1.82, 2.24) is 0 Å². The number of aliphatic carboxylic acids is 1. The number of benzene rings is 1. The van der Waals surface area contributed by atoms with Gasteiger partial charge >= 0.3 is 5.97 Å². The lowest BCUT2D eigenvalue weighted by Crippen LogP contribution is -2.38. The number of carboxylic acids is 1. The third-order valence-electron chi connectivity index (χ3n) is 4.57. The van der Waals surface area contributed by atoms with Crippen molar-refractivity contribution in [2.75, 3.05) is 7.11 Å². The first-order chi connectivity index (χ1) is 9.92. The zero-order valence-electron chi connectivity index (χ0n) is 12.9. The largest absolute Gasteiger partial charge is 0.495 e. The molecule has 2 rings (SSSR count). The molecule has 0 aromatic heterocycles. The Labute approximate surface area is 131 Å². The molecule has 21 heavy (non-hydrogen) atoms. The fourth-order valence-corrected chi connectivity index (χ4v) is 3.57. The van der Waals surface area contributed by atoms with Crippen LogP contribution in [0.3, 0.4) is 0 Å². The molecule has 0 spiro atoms. The van der Waals surface area contributed by atoms with Crippen molar-refractivity contribution in [3.05, 3.63) is 28.3 Å². The first-order valence-corrected chi connectivity index (χ1v) is 7.91. The minimum Gasteiger partial charge on any atom is -0.495 e. The van der Waals surface area contributed by atoms with Crippen molar-refractivity contribution in [2.24, 2.45) is 0 Å². The SMILES string of the molecule is COc1c(Cl)cc(C(C)C)cc1C1(C(=O)O)CCCCC1. The van der Waals surface area contributed by atoms with Crippen LogP contribution in [0, 0.1) is 0 Å². The number of hydrogen-bond acceptors (Lipinski definition) is 2. The van der Waals surface area contributed by atoms with Gasteiger partial charge in [-0.25, -0.2) is 0 Å². The topological polar surface area (TPSA) is 46.5 Å². The van der Waals surface area contributed by atoms with Gasteiger partial charge in [-0.05, 0) is 30.4 Å². The molecule has 0 amide bonds. The Kier molecular flexibility index (Phi) is 4.82. The van der Waals surface area contributed by atoms with Crippen molar-refractivity contribution < 1.29 is 14.6 Å². The summed E-state index contributed by atoms with van der Waals surface area (Å²) in [5.74, 6) is 0.0458. The van der Waals surface area contributed by atoms with E-state index in [0.717, 1.165) is 30.4 Å². The van der Waals surface area contributed by atoms with Crippen LogP contribution in [-0.4, -0.2) is 18.2 Å². The highest BCUT2D eigenvalue weighted by molar-refractivity contribution is 6.32. The number of halogens is 1. The van der Waals surface area contributed by atoms with Crippen LogP contribution < -0.4 is 4.74 Å². The van der Waals surface area contributed by atoms with Crippen LogP contribution >= 0.6 is 11.6 Å². The van der Waals surface area contributed by atoms with E-state index in [0.29, 0.717) is 29.5 Å². The lowest BCUT2D eigenvalue weighted by Gasteiger charge is -2.35. The average molecular weight is 311 g/mol. The number of carboxylic acid groups (broad SMARTS) is 1. The fraction of sp³-hybridized carbons (Fsp3) is 0.588. The molecular weight excluding hydrogens is 288 g/mol. The van der Waals surface area contributed by atoms with Gasteiger partial charge < -0.3 is 9.84 Å². The Bertz CT molecular complexity index is 531. The smallest absolute Gasteiger partial charge is 0.314 e. The van der Waals surface area contributed by atoms with Crippen LogP contribution in [0.5, 0.6) is 5.75 Å². The minimum absolute atomic E-state index is 0.293. The first-order valence-electron chi connectivity index (χ1n) is 7.53. The summed E-state index contributed by atoms with van der Waals surface area (Å²) in [4.78, 5) is 12.0. The summed E-state index contributed by atoms with van der Waals surface area (Å²) in [5.41, 5.74) is 0.938. The molecule has 1 fully saturated rings. The molecule has 0 radical (unpaired) electrons. The quantitative estimate of drug-likeness (QED) is 0.872. The van der Waals surface area contributed by atoms with Crippen molar-refractivity contribution in [3.8, 4) is 5.75 Å². The summed E-state index contributed by atoms with van der Waals surface area (Å²) in [6.45, 7) is 4.16. The second-order valence-corrected chi connectivity index (χ2v) is 6.59. The van der Waals surface area contributed by atoms with E-state index in [1.807, 2.05) is 12.1 Å². The molecule has 3 nitrogen and oxygen atoms in total. The second-order valence-electron chi connectivity index (χ2n) is 6.19. The molecule has 1 N–H and O–H groups in total. The molecule has 0 aliphatic heterocycles. The van der Waals surface area contributed by atoms with Crippen LogP contribution in [0.1, 0.15) is 63.0 Å². The van der Waals surface area contributed by atoms with Crippen molar-refractivity contribution >= 4 is 17.6 Å². The van der Waals surface area contributed by atoms with E-state index in [-0.39, 0.29) is 0 Å². The van der Waals surface area contributed by atoms with Crippen molar-refractivity contribution in [1.29, 1.82) is 0 Å². The van der Waals surface area contributed by atoms with E-state index < -0.39 is 11.4 Å². The average Bonchev–Trinajstić information content (AvgIpc) is 2.46. The van der Waals surface area contributed by atoms with Gasteiger partial charge in [-0.3, -0.25) is 4.79 Å². The van der Waals surface area contributed by atoms with E-state index in [4.69, 9.17) is 16.3 Å². The first kappa shape index (κ1) is 16.2. The van der Waals surface area contributed by atoms with Crippen LogP contribution in [0.4, 0.5) is 0 Å². The van der Waals surface area contributed by atoms with Crippen molar-refractivity contribution in [2.45, 2.75) is 57.3 Å².